The summed E-state index contributed by atoms with van der Waals surface area (Å²) in [5.74, 6) is 0.178. The molecule has 8 nitrogen and oxygen atoms in total. The van der Waals surface area contributed by atoms with Gasteiger partial charge in [0.05, 0.1) is 26.2 Å². The SMILES string of the molecule is CC(=O)NCC(=O)N1CCOC2(CCCCc3ccccc3OCCNC2=O)C1. The van der Waals surface area contributed by atoms with Crippen LogP contribution in [0.25, 0.3) is 0 Å². The van der Waals surface area contributed by atoms with Crippen molar-refractivity contribution in [3.8, 4) is 5.75 Å². The second kappa shape index (κ2) is 9.73. The molecular formula is C21H29N3O5. The number of fused-ring (bicyclic) bond motifs is 1. The fourth-order valence-electron chi connectivity index (χ4n) is 3.77. The highest BCUT2D eigenvalue weighted by molar-refractivity contribution is 5.88. The Morgan fingerprint density at radius 3 is 2.90 bits per heavy atom. The van der Waals surface area contributed by atoms with E-state index in [2.05, 4.69) is 16.7 Å². The Balaban J connectivity index is 1.69. The second-order valence-corrected chi connectivity index (χ2v) is 7.49. The zero-order valence-electron chi connectivity index (χ0n) is 16.9. The van der Waals surface area contributed by atoms with Crippen LogP contribution in [0.3, 0.4) is 0 Å². The molecule has 3 rings (SSSR count). The predicted octanol–water partition coefficient (Wildman–Crippen LogP) is 0.642. The van der Waals surface area contributed by atoms with Crippen molar-refractivity contribution >= 4 is 17.7 Å². The molecule has 1 aromatic rings. The Kier molecular flexibility index (Phi) is 7.09. The lowest BCUT2D eigenvalue weighted by molar-refractivity contribution is -0.167. The van der Waals surface area contributed by atoms with Crippen LogP contribution in [0.2, 0.25) is 0 Å². The summed E-state index contributed by atoms with van der Waals surface area (Å²) in [6.07, 6.45) is 3.07. The number of morpholine rings is 1. The molecule has 2 N–H and O–H groups in total. The minimum atomic E-state index is -1.07. The lowest BCUT2D eigenvalue weighted by Gasteiger charge is -2.41. The number of nitrogens with one attached hydrogen (secondary N) is 2. The fraction of sp³-hybridized carbons (Fsp3) is 0.571. The van der Waals surface area contributed by atoms with Gasteiger partial charge in [0.25, 0.3) is 5.91 Å². The monoisotopic (exact) mass is 403 g/mol. The molecule has 8 heteroatoms. The van der Waals surface area contributed by atoms with Gasteiger partial charge in [-0.05, 0) is 37.3 Å². The van der Waals surface area contributed by atoms with Crippen LogP contribution < -0.4 is 15.4 Å². The molecule has 1 saturated heterocycles. The number of hydrogen-bond donors (Lipinski definition) is 2. The van der Waals surface area contributed by atoms with E-state index in [4.69, 9.17) is 9.47 Å². The van der Waals surface area contributed by atoms with Gasteiger partial charge in [0.15, 0.2) is 5.60 Å². The highest BCUT2D eigenvalue weighted by atomic mass is 16.5. The van der Waals surface area contributed by atoms with Crippen LogP contribution in [-0.4, -0.2) is 67.6 Å². The predicted molar refractivity (Wildman–Crippen MR) is 106 cm³/mol. The van der Waals surface area contributed by atoms with Crippen molar-refractivity contribution in [3.63, 3.8) is 0 Å². The van der Waals surface area contributed by atoms with Crippen molar-refractivity contribution in [3.05, 3.63) is 29.8 Å². The van der Waals surface area contributed by atoms with Gasteiger partial charge >= 0.3 is 0 Å². The molecule has 0 aliphatic carbocycles. The van der Waals surface area contributed by atoms with Crippen LogP contribution in [0.15, 0.2) is 24.3 Å². The summed E-state index contributed by atoms with van der Waals surface area (Å²) in [5, 5.41) is 5.43. The number of nitrogens with zero attached hydrogens (tertiary/aromatic N) is 1. The summed E-state index contributed by atoms with van der Waals surface area (Å²) < 4.78 is 11.8. The third-order valence-corrected chi connectivity index (χ3v) is 5.34. The van der Waals surface area contributed by atoms with E-state index in [1.807, 2.05) is 18.2 Å². The van der Waals surface area contributed by atoms with Gasteiger partial charge in [0.1, 0.15) is 12.4 Å². The van der Waals surface area contributed by atoms with Gasteiger partial charge in [0.2, 0.25) is 11.8 Å². The number of carbonyl (C=O) groups excluding carboxylic acids is 3. The van der Waals surface area contributed by atoms with Crippen LogP contribution in [0.5, 0.6) is 5.75 Å². The number of carbonyl (C=O) groups is 3. The molecule has 1 aromatic carbocycles. The standard InChI is InChI=1S/C21H29N3O5/c1-16(25)23-14-19(26)24-11-13-29-21(15-24)9-5-4-7-17-6-2-3-8-18(17)28-12-10-22-20(21)27/h2-3,6,8H,4-5,7,9-15H2,1H3,(H,22,27)(H,23,25). The quantitative estimate of drug-likeness (QED) is 0.756. The van der Waals surface area contributed by atoms with Gasteiger partial charge in [-0.25, -0.2) is 0 Å². The lowest BCUT2D eigenvalue weighted by atomic mass is 9.91. The molecule has 1 fully saturated rings. The Morgan fingerprint density at radius 1 is 1.24 bits per heavy atom. The highest BCUT2D eigenvalue weighted by Crippen LogP contribution is 2.27. The van der Waals surface area contributed by atoms with E-state index in [-0.39, 0.29) is 30.8 Å². The number of rotatable bonds is 2. The maximum Gasteiger partial charge on any atom is 0.254 e. The van der Waals surface area contributed by atoms with Gasteiger partial charge in [-0.3, -0.25) is 14.4 Å². The highest BCUT2D eigenvalue weighted by Gasteiger charge is 2.44. The molecule has 2 aliphatic heterocycles. The minimum absolute atomic E-state index is 0.0718. The molecular weight excluding hydrogens is 374 g/mol. The van der Waals surface area contributed by atoms with Crippen molar-refractivity contribution in [2.45, 2.75) is 38.2 Å². The molecule has 2 heterocycles. The number of amides is 3. The van der Waals surface area contributed by atoms with Crippen LogP contribution in [0.4, 0.5) is 0 Å². The lowest BCUT2D eigenvalue weighted by Crippen LogP contribution is -2.62. The summed E-state index contributed by atoms with van der Waals surface area (Å²) in [4.78, 5) is 38.1. The second-order valence-electron chi connectivity index (χ2n) is 7.49. The molecule has 3 amide bonds. The Labute approximate surface area is 170 Å². The normalized spacial score (nSPS) is 23.1. The summed E-state index contributed by atoms with van der Waals surface area (Å²) in [7, 11) is 0. The average Bonchev–Trinajstić information content (AvgIpc) is 2.72. The minimum Gasteiger partial charge on any atom is -0.491 e. The molecule has 0 saturated carbocycles. The first-order valence-corrected chi connectivity index (χ1v) is 10.2. The molecule has 0 bridgehead atoms. The number of hydrogen-bond acceptors (Lipinski definition) is 5. The van der Waals surface area contributed by atoms with Crippen molar-refractivity contribution in [1.29, 1.82) is 0 Å². The van der Waals surface area contributed by atoms with Crippen molar-refractivity contribution in [2.24, 2.45) is 0 Å². The molecule has 29 heavy (non-hydrogen) atoms. The third-order valence-electron chi connectivity index (χ3n) is 5.34. The summed E-state index contributed by atoms with van der Waals surface area (Å²) in [5.41, 5.74) is 0.0909. The number of benzene rings is 1. The number of aryl methyl sites for hydroxylation is 1. The van der Waals surface area contributed by atoms with Crippen molar-refractivity contribution in [1.82, 2.24) is 15.5 Å². The Morgan fingerprint density at radius 2 is 2.07 bits per heavy atom. The van der Waals surface area contributed by atoms with Crippen molar-refractivity contribution in [2.75, 3.05) is 39.4 Å². The van der Waals surface area contributed by atoms with Crippen LogP contribution in [-0.2, 0) is 25.5 Å². The van der Waals surface area contributed by atoms with Crippen LogP contribution in [0.1, 0.15) is 31.7 Å². The van der Waals surface area contributed by atoms with E-state index in [1.54, 1.807) is 4.90 Å². The zero-order chi connectivity index (χ0) is 20.7. The van der Waals surface area contributed by atoms with Gasteiger partial charge in [-0.1, -0.05) is 18.2 Å². The maximum absolute atomic E-state index is 13.0. The topological polar surface area (TPSA) is 97.0 Å². The van der Waals surface area contributed by atoms with E-state index in [1.165, 1.54) is 6.92 Å². The summed E-state index contributed by atoms with van der Waals surface area (Å²) in [6.45, 7) is 2.91. The number of ether oxygens (including phenoxy) is 2. The molecule has 1 spiro atoms. The van der Waals surface area contributed by atoms with Crippen LogP contribution in [0, 0.1) is 0 Å². The Hall–Kier alpha value is -2.61. The third kappa shape index (κ3) is 5.47. The summed E-state index contributed by atoms with van der Waals surface area (Å²) in [6, 6.07) is 7.96. The van der Waals surface area contributed by atoms with E-state index in [0.717, 1.165) is 30.6 Å². The molecule has 2 aliphatic rings. The molecule has 0 aromatic heterocycles. The smallest absolute Gasteiger partial charge is 0.254 e. The van der Waals surface area contributed by atoms with E-state index in [0.29, 0.717) is 32.7 Å². The van der Waals surface area contributed by atoms with E-state index in [9.17, 15) is 14.4 Å². The van der Waals surface area contributed by atoms with Gasteiger partial charge in [0, 0.05) is 13.5 Å². The molecule has 1 unspecified atom stereocenters. The fourth-order valence-corrected chi connectivity index (χ4v) is 3.77. The van der Waals surface area contributed by atoms with Gasteiger partial charge < -0.3 is 25.0 Å². The first kappa shape index (κ1) is 21.1. The number of para-hydroxylation sites is 1. The first-order valence-electron chi connectivity index (χ1n) is 10.2. The van der Waals surface area contributed by atoms with Gasteiger partial charge in [-0.2, -0.15) is 0 Å². The largest absolute Gasteiger partial charge is 0.491 e. The Bertz CT molecular complexity index is 754. The molecule has 158 valence electrons. The van der Waals surface area contributed by atoms with E-state index < -0.39 is 5.60 Å². The molecule has 0 radical (unpaired) electrons. The van der Waals surface area contributed by atoms with Gasteiger partial charge in [-0.15, -0.1) is 0 Å². The summed E-state index contributed by atoms with van der Waals surface area (Å²) >= 11 is 0. The molecule has 1 atom stereocenters. The zero-order valence-corrected chi connectivity index (χ0v) is 16.9. The van der Waals surface area contributed by atoms with Crippen LogP contribution >= 0.6 is 0 Å². The maximum atomic E-state index is 13.0. The van der Waals surface area contributed by atoms with Crippen molar-refractivity contribution < 1.29 is 23.9 Å². The van der Waals surface area contributed by atoms with E-state index >= 15 is 0 Å². The average molecular weight is 403 g/mol. The first-order chi connectivity index (χ1) is 14.0.